The lowest BCUT2D eigenvalue weighted by Crippen LogP contribution is -2.42. The molecule has 0 spiro atoms. The Morgan fingerprint density at radius 1 is 0.909 bits per heavy atom. The van der Waals surface area contributed by atoms with Gasteiger partial charge in [-0.2, -0.15) is 0 Å². The summed E-state index contributed by atoms with van der Waals surface area (Å²) in [7, 11) is 0. The van der Waals surface area contributed by atoms with Gasteiger partial charge in [-0.3, -0.25) is 4.99 Å². The molecule has 0 aliphatic carbocycles. The molecule has 2 aromatic carbocycles. The van der Waals surface area contributed by atoms with Gasteiger partial charge < -0.3 is 10.6 Å². The molecule has 1 heterocycles. The Labute approximate surface area is 147 Å². The van der Waals surface area contributed by atoms with Crippen molar-refractivity contribution in [3.8, 4) is 0 Å². The van der Waals surface area contributed by atoms with E-state index in [9.17, 15) is 0 Å². The molecule has 3 nitrogen and oxygen atoms in total. The predicted octanol–water partition coefficient (Wildman–Crippen LogP) is 4.24. The Kier molecular flexibility index (Phi) is 5.16. The normalized spacial score (nSPS) is 14.4. The van der Waals surface area contributed by atoms with Crippen LogP contribution < -0.4 is 10.6 Å². The third-order valence-corrected chi connectivity index (χ3v) is 4.64. The molecule has 0 saturated carbocycles. The van der Waals surface area contributed by atoms with Crippen LogP contribution in [-0.2, 0) is 0 Å². The van der Waals surface area contributed by atoms with Crippen LogP contribution in [-0.4, -0.2) is 19.0 Å². The van der Waals surface area contributed by atoms with Crippen molar-refractivity contribution in [2.24, 2.45) is 4.99 Å². The van der Waals surface area contributed by atoms with Crippen molar-refractivity contribution in [3.05, 3.63) is 68.6 Å². The Morgan fingerprint density at radius 3 is 1.91 bits per heavy atom. The SMILES string of the molecule is Brc1ccc(C(NC2=NCCCN2)c2ccc(Br)cc2)cc1. The molecule has 22 heavy (non-hydrogen) atoms. The summed E-state index contributed by atoms with van der Waals surface area (Å²) in [5.74, 6) is 0.877. The molecule has 0 atom stereocenters. The van der Waals surface area contributed by atoms with Gasteiger partial charge >= 0.3 is 0 Å². The number of hydrogen-bond donors (Lipinski definition) is 2. The van der Waals surface area contributed by atoms with Gasteiger partial charge in [0, 0.05) is 22.0 Å². The molecule has 0 fully saturated rings. The smallest absolute Gasteiger partial charge is 0.192 e. The van der Waals surface area contributed by atoms with Gasteiger partial charge in [-0.05, 0) is 41.8 Å². The Bertz CT molecular complexity index is 605. The van der Waals surface area contributed by atoms with E-state index in [0.717, 1.165) is 34.4 Å². The first-order chi connectivity index (χ1) is 10.7. The first-order valence-corrected chi connectivity index (χ1v) is 8.87. The zero-order valence-corrected chi connectivity index (χ0v) is 15.2. The Hall–Kier alpha value is -1.33. The second-order valence-electron chi connectivity index (χ2n) is 5.19. The van der Waals surface area contributed by atoms with Crippen molar-refractivity contribution < 1.29 is 0 Å². The van der Waals surface area contributed by atoms with E-state index in [-0.39, 0.29) is 6.04 Å². The van der Waals surface area contributed by atoms with Gasteiger partial charge in [-0.25, -0.2) is 0 Å². The number of guanidine groups is 1. The molecule has 0 amide bonds. The van der Waals surface area contributed by atoms with Crippen molar-refractivity contribution in [2.75, 3.05) is 13.1 Å². The fraction of sp³-hybridized carbons (Fsp3) is 0.235. The van der Waals surface area contributed by atoms with Crippen molar-refractivity contribution in [3.63, 3.8) is 0 Å². The molecule has 0 saturated heterocycles. The number of halogens is 2. The molecule has 0 radical (unpaired) electrons. The molecule has 5 heteroatoms. The van der Waals surface area contributed by atoms with Crippen LogP contribution in [0.25, 0.3) is 0 Å². The molecule has 0 unspecified atom stereocenters. The van der Waals surface area contributed by atoms with Gasteiger partial charge in [-0.15, -0.1) is 0 Å². The molecule has 0 bridgehead atoms. The van der Waals surface area contributed by atoms with Gasteiger partial charge in [0.15, 0.2) is 5.96 Å². The standard InChI is InChI=1S/C17H17Br2N3/c18-14-6-2-12(3-7-14)16(13-4-8-15(19)9-5-13)22-17-20-10-1-11-21-17/h2-9,16H,1,10-11H2,(H2,20,21,22). The summed E-state index contributed by atoms with van der Waals surface area (Å²) in [5, 5.41) is 6.87. The molecular formula is C17H17Br2N3. The van der Waals surface area contributed by atoms with E-state index < -0.39 is 0 Å². The number of rotatable bonds is 3. The lowest BCUT2D eigenvalue weighted by molar-refractivity contribution is 0.668. The summed E-state index contributed by atoms with van der Waals surface area (Å²) in [6.45, 7) is 1.85. The minimum absolute atomic E-state index is 0.0746. The second kappa shape index (κ2) is 7.29. The molecule has 2 N–H and O–H groups in total. The van der Waals surface area contributed by atoms with Crippen LogP contribution in [0.2, 0.25) is 0 Å². The third-order valence-electron chi connectivity index (χ3n) is 3.58. The Morgan fingerprint density at radius 2 is 1.45 bits per heavy atom. The number of aliphatic imine (C=N–C) groups is 1. The van der Waals surface area contributed by atoms with Crippen LogP contribution >= 0.6 is 31.9 Å². The summed E-state index contributed by atoms with van der Waals surface area (Å²) in [4.78, 5) is 4.53. The number of hydrogen-bond acceptors (Lipinski definition) is 3. The predicted molar refractivity (Wildman–Crippen MR) is 98.2 cm³/mol. The maximum absolute atomic E-state index is 4.53. The van der Waals surface area contributed by atoms with Gasteiger partial charge in [-0.1, -0.05) is 56.1 Å². The fourth-order valence-electron chi connectivity index (χ4n) is 2.44. The fourth-order valence-corrected chi connectivity index (χ4v) is 2.96. The summed E-state index contributed by atoms with van der Waals surface area (Å²) in [6, 6.07) is 16.9. The van der Waals surface area contributed by atoms with E-state index in [1.54, 1.807) is 0 Å². The van der Waals surface area contributed by atoms with E-state index in [1.165, 1.54) is 11.1 Å². The van der Waals surface area contributed by atoms with Crippen molar-refractivity contribution in [1.82, 2.24) is 10.6 Å². The lowest BCUT2D eigenvalue weighted by atomic mass is 9.99. The summed E-state index contributed by atoms with van der Waals surface area (Å²) < 4.78 is 2.16. The van der Waals surface area contributed by atoms with Crippen LogP contribution in [0.1, 0.15) is 23.6 Å². The van der Waals surface area contributed by atoms with Crippen molar-refractivity contribution in [1.29, 1.82) is 0 Å². The highest BCUT2D eigenvalue weighted by Gasteiger charge is 2.16. The maximum Gasteiger partial charge on any atom is 0.192 e. The third kappa shape index (κ3) is 3.90. The molecule has 2 aromatic rings. The quantitative estimate of drug-likeness (QED) is 0.775. The number of nitrogens with one attached hydrogen (secondary N) is 2. The van der Waals surface area contributed by atoms with Crippen LogP contribution in [0.3, 0.4) is 0 Å². The minimum atomic E-state index is 0.0746. The van der Waals surface area contributed by atoms with E-state index >= 15 is 0 Å². The van der Waals surface area contributed by atoms with Gasteiger partial charge in [0.25, 0.3) is 0 Å². The zero-order valence-electron chi connectivity index (χ0n) is 12.0. The highest BCUT2D eigenvalue weighted by Crippen LogP contribution is 2.25. The van der Waals surface area contributed by atoms with Gasteiger partial charge in [0.05, 0.1) is 6.04 Å². The van der Waals surface area contributed by atoms with E-state index in [1.807, 2.05) is 0 Å². The summed E-state index contributed by atoms with van der Waals surface area (Å²) >= 11 is 6.99. The van der Waals surface area contributed by atoms with E-state index in [0.29, 0.717) is 0 Å². The first-order valence-electron chi connectivity index (χ1n) is 7.28. The molecule has 1 aliphatic heterocycles. The highest BCUT2D eigenvalue weighted by molar-refractivity contribution is 9.10. The Balaban J connectivity index is 1.92. The molecule has 1 aliphatic rings. The first kappa shape index (κ1) is 15.6. The van der Waals surface area contributed by atoms with Crippen LogP contribution in [0.5, 0.6) is 0 Å². The highest BCUT2D eigenvalue weighted by atomic mass is 79.9. The number of benzene rings is 2. The average Bonchev–Trinajstić information content (AvgIpc) is 2.56. The van der Waals surface area contributed by atoms with Crippen LogP contribution in [0, 0.1) is 0 Å². The van der Waals surface area contributed by atoms with Crippen LogP contribution in [0.15, 0.2) is 62.5 Å². The summed E-state index contributed by atoms with van der Waals surface area (Å²) in [5.41, 5.74) is 2.42. The zero-order chi connectivity index (χ0) is 15.4. The van der Waals surface area contributed by atoms with Gasteiger partial charge in [0.2, 0.25) is 0 Å². The minimum Gasteiger partial charge on any atom is -0.356 e. The van der Waals surface area contributed by atoms with Crippen molar-refractivity contribution in [2.45, 2.75) is 12.5 Å². The molecule has 0 aromatic heterocycles. The van der Waals surface area contributed by atoms with E-state index in [2.05, 4.69) is 96.0 Å². The molecule has 3 rings (SSSR count). The average molecular weight is 423 g/mol. The lowest BCUT2D eigenvalue weighted by Gasteiger charge is -2.24. The van der Waals surface area contributed by atoms with Crippen molar-refractivity contribution >= 4 is 37.8 Å². The topological polar surface area (TPSA) is 36.4 Å². The summed E-state index contributed by atoms with van der Waals surface area (Å²) in [6.07, 6.45) is 1.09. The molecular weight excluding hydrogens is 406 g/mol. The number of nitrogens with zero attached hydrogens (tertiary/aromatic N) is 1. The van der Waals surface area contributed by atoms with Crippen LogP contribution in [0.4, 0.5) is 0 Å². The largest absolute Gasteiger partial charge is 0.356 e. The second-order valence-corrected chi connectivity index (χ2v) is 7.02. The van der Waals surface area contributed by atoms with E-state index in [4.69, 9.17) is 0 Å². The van der Waals surface area contributed by atoms with Gasteiger partial charge in [0.1, 0.15) is 0 Å². The molecule has 114 valence electrons. The maximum atomic E-state index is 4.53. The monoisotopic (exact) mass is 421 g/mol.